The van der Waals surface area contributed by atoms with Gasteiger partial charge in [0, 0.05) is 11.9 Å². The van der Waals surface area contributed by atoms with Crippen molar-refractivity contribution in [1.82, 2.24) is 4.98 Å². The van der Waals surface area contributed by atoms with Crippen LogP contribution >= 0.6 is 0 Å². The van der Waals surface area contributed by atoms with Crippen molar-refractivity contribution in [2.24, 2.45) is 0 Å². The zero-order valence-corrected chi connectivity index (χ0v) is 10.4. The number of aromatic nitrogens is 1. The summed E-state index contributed by atoms with van der Waals surface area (Å²) in [6.07, 6.45) is 1.82. The average molecular weight is 250 g/mol. The molecular formula is C16H14N2O. The predicted molar refractivity (Wildman–Crippen MR) is 77.2 cm³/mol. The monoisotopic (exact) mass is 250 g/mol. The summed E-state index contributed by atoms with van der Waals surface area (Å²) >= 11 is 0. The van der Waals surface area contributed by atoms with Crippen molar-refractivity contribution < 1.29 is 5.11 Å². The highest BCUT2D eigenvalue weighted by Crippen LogP contribution is 2.17. The molecule has 3 aromatic rings. The van der Waals surface area contributed by atoms with Gasteiger partial charge in [-0.3, -0.25) is 4.98 Å². The summed E-state index contributed by atoms with van der Waals surface area (Å²) in [5.41, 5.74) is 3.00. The van der Waals surface area contributed by atoms with Crippen LogP contribution in [0.1, 0.15) is 5.56 Å². The molecule has 19 heavy (non-hydrogen) atoms. The fourth-order valence-corrected chi connectivity index (χ4v) is 2.04. The van der Waals surface area contributed by atoms with Gasteiger partial charge in [-0.25, -0.2) is 0 Å². The van der Waals surface area contributed by atoms with Gasteiger partial charge in [0.05, 0.1) is 17.4 Å². The summed E-state index contributed by atoms with van der Waals surface area (Å²) in [5.74, 6) is 0.288. The number of anilines is 1. The van der Waals surface area contributed by atoms with Crippen molar-refractivity contribution in [1.29, 1.82) is 0 Å². The third kappa shape index (κ3) is 2.65. The summed E-state index contributed by atoms with van der Waals surface area (Å²) in [7, 11) is 0. The number of hydrogen-bond acceptors (Lipinski definition) is 3. The van der Waals surface area contributed by atoms with Gasteiger partial charge in [0.1, 0.15) is 5.75 Å². The van der Waals surface area contributed by atoms with Gasteiger partial charge in [-0.15, -0.1) is 0 Å². The molecule has 0 aliphatic heterocycles. The fourth-order valence-electron chi connectivity index (χ4n) is 2.04. The van der Waals surface area contributed by atoms with Crippen molar-refractivity contribution in [3.05, 3.63) is 66.4 Å². The number of phenols is 1. The van der Waals surface area contributed by atoms with Gasteiger partial charge < -0.3 is 10.4 Å². The zero-order chi connectivity index (χ0) is 13.1. The molecule has 0 atom stereocenters. The van der Waals surface area contributed by atoms with Gasteiger partial charge >= 0.3 is 0 Å². The highest BCUT2D eigenvalue weighted by molar-refractivity contribution is 5.81. The first-order valence-electron chi connectivity index (χ1n) is 6.18. The lowest BCUT2D eigenvalue weighted by molar-refractivity contribution is 0.474. The molecule has 0 radical (unpaired) electrons. The van der Waals surface area contributed by atoms with E-state index < -0.39 is 0 Å². The number of nitrogens with one attached hydrogen (secondary N) is 1. The van der Waals surface area contributed by atoms with E-state index in [1.807, 2.05) is 42.6 Å². The van der Waals surface area contributed by atoms with Crippen LogP contribution in [-0.4, -0.2) is 10.1 Å². The fraction of sp³-hybridized carbons (Fsp3) is 0.0625. The van der Waals surface area contributed by atoms with Crippen LogP contribution in [0.3, 0.4) is 0 Å². The SMILES string of the molecule is Oc1cccc(CNc2cnc3ccccc3c2)c1. The lowest BCUT2D eigenvalue weighted by Crippen LogP contribution is -1.99. The molecule has 0 bridgehead atoms. The van der Waals surface area contributed by atoms with E-state index in [0.29, 0.717) is 6.54 Å². The van der Waals surface area contributed by atoms with E-state index in [1.54, 1.807) is 12.1 Å². The van der Waals surface area contributed by atoms with Crippen molar-refractivity contribution in [3.8, 4) is 5.75 Å². The summed E-state index contributed by atoms with van der Waals surface area (Å²) in [5, 5.41) is 13.8. The molecule has 1 heterocycles. The molecule has 0 unspecified atom stereocenters. The number of fused-ring (bicyclic) bond motifs is 1. The van der Waals surface area contributed by atoms with E-state index in [-0.39, 0.29) is 5.75 Å². The summed E-state index contributed by atoms with van der Waals surface area (Å²) < 4.78 is 0. The number of phenolic OH excluding ortho intramolecular Hbond substituents is 1. The van der Waals surface area contributed by atoms with Crippen LogP contribution in [0, 0.1) is 0 Å². The smallest absolute Gasteiger partial charge is 0.115 e. The molecule has 0 aliphatic carbocycles. The van der Waals surface area contributed by atoms with Crippen LogP contribution < -0.4 is 5.32 Å². The van der Waals surface area contributed by atoms with Gasteiger partial charge in [-0.2, -0.15) is 0 Å². The van der Waals surface area contributed by atoms with Gasteiger partial charge in [-0.05, 0) is 29.8 Å². The number of para-hydroxylation sites is 1. The Morgan fingerprint density at radius 3 is 2.79 bits per heavy atom. The summed E-state index contributed by atoms with van der Waals surface area (Å²) in [4.78, 5) is 4.40. The molecule has 2 N–H and O–H groups in total. The highest BCUT2D eigenvalue weighted by atomic mass is 16.3. The van der Waals surface area contributed by atoms with Crippen LogP contribution in [0.4, 0.5) is 5.69 Å². The number of rotatable bonds is 3. The number of nitrogens with zero attached hydrogens (tertiary/aromatic N) is 1. The van der Waals surface area contributed by atoms with Crippen LogP contribution in [0.15, 0.2) is 60.8 Å². The van der Waals surface area contributed by atoms with Crippen molar-refractivity contribution >= 4 is 16.6 Å². The van der Waals surface area contributed by atoms with Gasteiger partial charge in [0.25, 0.3) is 0 Å². The first-order valence-corrected chi connectivity index (χ1v) is 6.18. The molecule has 2 aromatic carbocycles. The first kappa shape index (κ1) is 11.5. The quantitative estimate of drug-likeness (QED) is 0.747. The normalized spacial score (nSPS) is 10.5. The molecule has 0 saturated heterocycles. The molecule has 0 aliphatic rings. The molecule has 0 saturated carbocycles. The van der Waals surface area contributed by atoms with E-state index in [2.05, 4.69) is 16.4 Å². The van der Waals surface area contributed by atoms with E-state index in [9.17, 15) is 5.11 Å². The van der Waals surface area contributed by atoms with Crippen molar-refractivity contribution in [2.75, 3.05) is 5.32 Å². The minimum Gasteiger partial charge on any atom is -0.508 e. The average Bonchev–Trinajstić information content (AvgIpc) is 2.45. The van der Waals surface area contributed by atoms with Crippen LogP contribution in [0.25, 0.3) is 10.9 Å². The molecule has 0 spiro atoms. The van der Waals surface area contributed by atoms with E-state index in [4.69, 9.17) is 0 Å². The Morgan fingerprint density at radius 1 is 1.00 bits per heavy atom. The van der Waals surface area contributed by atoms with Gasteiger partial charge in [-0.1, -0.05) is 30.3 Å². The van der Waals surface area contributed by atoms with Crippen LogP contribution in [0.5, 0.6) is 5.75 Å². The Bertz CT molecular complexity index is 710. The predicted octanol–water partition coefficient (Wildman–Crippen LogP) is 3.55. The number of benzene rings is 2. The molecule has 3 nitrogen and oxygen atoms in total. The second kappa shape index (κ2) is 4.98. The largest absolute Gasteiger partial charge is 0.508 e. The molecule has 1 aromatic heterocycles. The third-order valence-corrected chi connectivity index (χ3v) is 3.00. The van der Waals surface area contributed by atoms with Crippen molar-refractivity contribution in [3.63, 3.8) is 0 Å². The Labute approximate surface area is 111 Å². The lowest BCUT2D eigenvalue weighted by Gasteiger charge is -2.07. The third-order valence-electron chi connectivity index (χ3n) is 3.00. The maximum atomic E-state index is 9.41. The van der Waals surface area contributed by atoms with Gasteiger partial charge in [0.15, 0.2) is 0 Å². The van der Waals surface area contributed by atoms with Gasteiger partial charge in [0.2, 0.25) is 0 Å². The van der Waals surface area contributed by atoms with Crippen LogP contribution in [-0.2, 0) is 6.54 Å². The Morgan fingerprint density at radius 2 is 1.89 bits per heavy atom. The maximum absolute atomic E-state index is 9.41. The molecule has 3 heteroatoms. The maximum Gasteiger partial charge on any atom is 0.115 e. The van der Waals surface area contributed by atoms with E-state index in [1.165, 1.54) is 0 Å². The highest BCUT2D eigenvalue weighted by Gasteiger charge is 1.98. The molecule has 94 valence electrons. The number of hydrogen-bond donors (Lipinski definition) is 2. The summed E-state index contributed by atoms with van der Waals surface area (Å²) in [6, 6.07) is 17.3. The second-order valence-corrected chi connectivity index (χ2v) is 4.44. The summed E-state index contributed by atoms with van der Waals surface area (Å²) in [6.45, 7) is 0.661. The second-order valence-electron chi connectivity index (χ2n) is 4.44. The van der Waals surface area contributed by atoms with Crippen LogP contribution in [0.2, 0.25) is 0 Å². The number of pyridine rings is 1. The Balaban J connectivity index is 1.78. The molecule has 0 fully saturated rings. The van der Waals surface area contributed by atoms with Crippen molar-refractivity contribution in [2.45, 2.75) is 6.54 Å². The first-order chi connectivity index (χ1) is 9.31. The topological polar surface area (TPSA) is 45.1 Å². The van der Waals surface area contributed by atoms with E-state index in [0.717, 1.165) is 22.2 Å². The minimum atomic E-state index is 0.288. The lowest BCUT2D eigenvalue weighted by atomic mass is 10.2. The molecule has 3 rings (SSSR count). The van der Waals surface area contributed by atoms with E-state index >= 15 is 0 Å². The minimum absolute atomic E-state index is 0.288. The molecule has 0 amide bonds. The Hall–Kier alpha value is -2.55. The zero-order valence-electron chi connectivity index (χ0n) is 10.4. The number of aromatic hydroxyl groups is 1. The molecular weight excluding hydrogens is 236 g/mol. The standard InChI is InChI=1S/C16H14N2O/c19-15-6-3-4-12(8-15)10-17-14-9-13-5-1-2-7-16(13)18-11-14/h1-9,11,17,19H,10H2. The Kier molecular flexibility index (Phi) is 3.02.